The third-order valence-electron chi connectivity index (χ3n) is 3.99. The van der Waals surface area contributed by atoms with Crippen LogP contribution in [-0.4, -0.2) is 12.5 Å². The van der Waals surface area contributed by atoms with Gasteiger partial charge in [0.1, 0.15) is 5.75 Å². The lowest BCUT2D eigenvalue weighted by Crippen LogP contribution is -2.20. The van der Waals surface area contributed by atoms with Gasteiger partial charge in [-0.2, -0.15) is 0 Å². The third-order valence-corrected chi connectivity index (χ3v) is 3.99. The lowest BCUT2D eigenvalue weighted by molar-refractivity contribution is -0.118. The fourth-order valence-corrected chi connectivity index (χ4v) is 2.87. The SMILES string of the molecule is Cc1cccc(NC(=O)COc2ccc3c(c2)CCCC3)c1. The highest BCUT2D eigenvalue weighted by molar-refractivity contribution is 5.91. The van der Waals surface area contributed by atoms with Crippen LogP contribution in [0.2, 0.25) is 0 Å². The first-order valence-corrected chi connectivity index (χ1v) is 7.82. The minimum absolute atomic E-state index is 0.0345. The van der Waals surface area contributed by atoms with E-state index in [4.69, 9.17) is 4.74 Å². The molecule has 0 fully saturated rings. The largest absolute Gasteiger partial charge is 0.484 e. The molecule has 0 saturated carbocycles. The normalized spacial score (nSPS) is 13.3. The molecule has 0 saturated heterocycles. The van der Waals surface area contributed by atoms with E-state index in [0.717, 1.165) is 29.8 Å². The van der Waals surface area contributed by atoms with Gasteiger partial charge in [-0.15, -0.1) is 0 Å². The lowest BCUT2D eigenvalue weighted by Gasteiger charge is -2.16. The second-order valence-electron chi connectivity index (χ2n) is 5.84. The number of anilines is 1. The molecule has 1 aliphatic carbocycles. The zero-order chi connectivity index (χ0) is 15.4. The Morgan fingerprint density at radius 1 is 1.09 bits per heavy atom. The van der Waals surface area contributed by atoms with Crippen molar-refractivity contribution in [3.05, 3.63) is 59.2 Å². The molecule has 22 heavy (non-hydrogen) atoms. The van der Waals surface area contributed by atoms with Gasteiger partial charge in [0, 0.05) is 5.69 Å². The summed E-state index contributed by atoms with van der Waals surface area (Å²) in [6, 6.07) is 13.9. The zero-order valence-corrected chi connectivity index (χ0v) is 12.9. The summed E-state index contributed by atoms with van der Waals surface area (Å²) in [5, 5.41) is 2.85. The van der Waals surface area contributed by atoms with Gasteiger partial charge in [-0.3, -0.25) is 4.79 Å². The number of hydrogen-bond donors (Lipinski definition) is 1. The maximum Gasteiger partial charge on any atom is 0.262 e. The van der Waals surface area contributed by atoms with E-state index in [1.807, 2.05) is 37.3 Å². The van der Waals surface area contributed by atoms with Crippen molar-refractivity contribution < 1.29 is 9.53 Å². The molecule has 1 amide bonds. The molecule has 0 aromatic heterocycles. The molecule has 0 spiro atoms. The number of fused-ring (bicyclic) bond motifs is 1. The minimum atomic E-state index is -0.136. The van der Waals surface area contributed by atoms with Crippen LogP contribution in [0.4, 0.5) is 5.69 Å². The van der Waals surface area contributed by atoms with Crippen LogP contribution >= 0.6 is 0 Å². The molecule has 3 nitrogen and oxygen atoms in total. The van der Waals surface area contributed by atoms with E-state index in [1.165, 1.54) is 24.0 Å². The van der Waals surface area contributed by atoms with E-state index in [2.05, 4.69) is 17.4 Å². The smallest absolute Gasteiger partial charge is 0.262 e. The summed E-state index contributed by atoms with van der Waals surface area (Å²) in [5.41, 5.74) is 4.71. The Balaban J connectivity index is 1.57. The Bertz CT molecular complexity index is 679. The number of ether oxygens (including phenoxy) is 1. The van der Waals surface area contributed by atoms with Crippen molar-refractivity contribution in [2.45, 2.75) is 32.6 Å². The summed E-state index contributed by atoms with van der Waals surface area (Å²) in [4.78, 5) is 11.9. The summed E-state index contributed by atoms with van der Waals surface area (Å²) in [6.07, 6.45) is 4.78. The predicted molar refractivity (Wildman–Crippen MR) is 88.4 cm³/mol. The monoisotopic (exact) mass is 295 g/mol. The Morgan fingerprint density at radius 3 is 2.73 bits per heavy atom. The molecular formula is C19H21NO2. The first kappa shape index (κ1) is 14.6. The molecule has 0 radical (unpaired) electrons. The van der Waals surface area contributed by atoms with E-state index in [1.54, 1.807) is 0 Å². The average molecular weight is 295 g/mol. The standard InChI is InChI=1S/C19H21NO2/c1-14-5-4-8-17(11-14)20-19(21)13-22-18-10-9-15-6-2-3-7-16(15)12-18/h4-5,8-12H,2-3,6-7,13H2,1H3,(H,20,21). The highest BCUT2D eigenvalue weighted by Crippen LogP contribution is 2.25. The molecule has 2 aromatic rings. The number of carbonyl (C=O) groups is 1. The first-order chi connectivity index (χ1) is 10.7. The quantitative estimate of drug-likeness (QED) is 0.929. The highest BCUT2D eigenvalue weighted by atomic mass is 16.5. The first-order valence-electron chi connectivity index (χ1n) is 7.82. The van der Waals surface area contributed by atoms with Gasteiger partial charge in [-0.1, -0.05) is 18.2 Å². The summed E-state index contributed by atoms with van der Waals surface area (Å²) in [5.74, 6) is 0.642. The van der Waals surface area contributed by atoms with Gasteiger partial charge < -0.3 is 10.1 Å². The van der Waals surface area contributed by atoms with Crippen LogP contribution < -0.4 is 10.1 Å². The maximum absolute atomic E-state index is 11.9. The summed E-state index contributed by atoms with van der Waals surface area (Å²) in [7, 11) is 0. The van der Waals surface area contributed by atoms with Crippen molar-refractivity contribution in [2.24, 2.45) is 0 Å². The van der Waals surface area contributed by atoms with E-state index in [9.17, 15) is 4.79 Å². The average Bonchev–Trinajstić information content (AvgIpc) is 2.53. The number of carbonyl (C=O) groups excluding carboxylic acids is 1. The van der Waals surface area contributed by atoms with E-state index < -0.39 is 0 Å². The van der Waals surface area contributed by atoms with E-state index >= 15 is 0 Å². The second-order valence-corrected chi connectivity index (χ2v) is 5.84. The lowest BCUT2D eigenvalue weighted by atomic mass is 9.92. The van der Waals surface area contributed by atoms with Crippen LogP contribution in [0.1, 0.15) is 29.5 Å². The molecule has 0 bridgehead atoms. The van der Waals surface area contributed by atoms with Crippen LogP contribution in [0.15, 0.2) is 42.5 Å². The van der Waals surface area contributed by atoms with Crippen molar-refractivity contribution in [3.63, 3.8) is 0 Å². The number of aryl methyl sites for hydroxylation is 3. The number of rotatable bonds is 4. The predicted octanol–water partition coefficient (Wildman–Crippen LogP) is 3.89. The van der Waals surface area contributed by atoms with Crippen LogP contribution in [0.25, 0.3) is 0 Å². The minimum Gasteiger partial charge on any atom is -0.484 e. The van der Waals surface area contributed by atoms with Crippen LogP contribution in [-0.2, 0) is 17.6 Å². The second kappa shape index (κ2) is 6.65. The van der Waals surface area contributed by atoms with Gasteiger partial charge in [0.25, 0.3) is 5.91 Å². The van der Waals surface area contributed by atoms with Crippen molar-refractivity contribution in [1.82, 2.24) is 0 Å². The van der Waals surface area contributed by atoms with Crippen molar-refractivity contribution in [1.29, 1.82) is 0 Å². The van der Waals surface area contributed by atoms with Crippen molar-refractivity contribution in [2.75, 3.05) is 11.9 Å². The van der Waals surface area contributed by atoms with E-state index in [0.29, 0.717) is 0 Å². The van der Waals surface area contributed by atoms with Crippen molar-refractivity contribution >= 4 is 11.6 Å². The third kappa shape index (κ3) is 3.67. The molecule has 0 atom stereocenters. The molecule has 3 heteroatoms. The molecule has 1 aliphatic rings. The Labute approximate surface area is 131 Å². The molecule has 3 rings (SSSR count). The highest BCUT2D eigenvalue weighted by Gasteiger charge is 2.10. The molecule has 0 unspecified atom stereocenters. The molecule has 114 valence electrons. The molecular weight excluding hydrogens is 274 g/mol. The Kier molecular flexibility index (Phi) is 4.42. The van der Waals surface area contributed by atoms with E-state index in [-0.39, 0.29) is 12.5 Å². The van der Waals surface area contributed by atoms with Gasteiger partial charge in [0.15, 0.2) is 6.61 Å². The maximum atomic E-state index is 11.9. The van der Waals surface area contributed by atoms with Gasteiger partial charge in [0.2, 0.25) is 0 Å². The van der Waals surface area contributed by atoms with Crippen molar-refractivity contribution in [3.8, 4) is 5.75 Å². The topological polar surface area (TPSA) is 38.3 Å². The Hall–Kier alpha value is -2.29. The fourth-order valence-electron chi connectivity index (χ4n) is 2.87. The van der Waals surface area contributed by atoms with Gasteiger partial charge in [-0.05, 0) is 73.6 Å². The zero-order valence-electron chi connectivity index (χ0n) is 12.9. The molecule has 1 N–H and O–H groups in total. The summed E-state index contributed by atoms with van der Waals surface area (Å²) < 4.78 is 5.62. The van der Waals surface area contributed by atoms with Gasteiger partial charge in [-0.25, -0.2) is 0 Å². The molecule has 0 heterocycles. The summed E-state index contributed by atoms with van der Waals surface area (Å²) in [6.45, 7) is 2.03. The molecule has 0 aliphatic heterocycles. The van der Waals surface area contributed by atoms with Crippen LogP contribution in [0.5, 0.6) is 5.75 Å². The number of hydrogen-bond acceptors (Lipinski definition) is 2. The number of amides is 1. The van der Waals surface area contributed by atoms with Gasteiger partial charge >= 0.3 is 0 Å². The number of nitrogens with one attached hydrogen (secondary N) is 1. The molecule has 2 aromatic carbocycles. The summed E-state index contributed by atoms with van der Waals surface area (Å²) >= 11 is 0. The number of benzene rings is 2. The van der Waals surface area contributed by atoms with Gasteiger partial charge in [0.05, 0.1) is 0 Å². The Morgan fingerprint density at radius 2 is 1.91 bits per heavy atom. The van der Waals surface area contributed by atoms with Crippen LogP contribution in [0.3, 0.4) is 0 Å². The fraction of sp³-hybridized carbons (Fsp3) is 0.316. The van der Waals surface area contributed by atoms with Crippen LogP contribution in [0, 0.1) is 6.92 Å².